The SMILES string of the molecule is Fc1ccc(-c2onc3ccc(Sc4ccc5noc(-c6ccc(F)cc6)c5c4)cc23)cc1. The molecule has 0 bridgehead atoms. The van der Waals surface area contributed by atoms with Crippen LogP contribution in [-0.4, -0.2) is 10.3 Å². The summed E-state index contributed by atoms with van der Waals surface area (Å²) in [7, 11) is 0. The lowest BCUT2D eigenvalue weighted by Gasteiger charge is -2.03. The summed E-state index contributed by atoms with van der Waals surface area (Å²) in [6.07, 6.45) is 0. The first-order valence-corrected chi connectivity index (χ1v) is 10.9. The van der Waals surface area contributed by atoms with Crippen molar-refractivity contribution in [3.05, 3.63) is 96.6 Å². The average molecular weight is 456 g/mol. The molecular formula is C26H14F2N2O2S. The van der Waals surface area contributed by atoms with E-state index in [1.807, 2.05) is 36.4 Å². The molecule has 2 aromatic heterocycles. The molecule has 2 heterocycles. The fourth-order valence-corrected chi connectivity index (χ4v) is 4.62. The van der Waals surface area contributed by atoms with Gasteiger partial charge in [-0.05, 0) is 84.9 Å². The summed E-state index contributed by atoms with van der Waals surface area (Å²) in [4.78, 5) is 1.99. The van der Waals surface area contributed by atoms with Crippen molar-refractivity contribution in [2.45, 2.75) is 9.79 Å². The number of nitrogens with zero attached hydrogens (tertiary/aromatic N) is 2. The second-order valence-corrected chi connectivity index (χ2v) is 8.64. The summed E-state index contributed by atoms with van der Waals surface area (Å²) in [5.41, 5.74) is 2.98. The predicted octanol–water partition coefficient (Wildman–Crippen LogP) is 7.73. The second kappa shape index (κ2) is 7.86. The highest BCUT2D eigenvalue weighted by atomic mass is 32.2. The van der Waals surface area contributed by atoms with E-state index in [4.69, 9.17) is 9.05 Å². The van der Waals surface area contributed by atoms with Crippen LogP contribution in [0.1, 0.15) is 0 Å². The Hall–Kier alpha value is -3.97. The smallest absolute Gasteiger partial charge is 0.174 e. The molecule has 0 atom stereocenters. The van der Waals surface area contributed by atoms with Gasteiger partial charge in [0.2, 0.25) is 0 Å². The van der Waals surface area contributed by atoms with Crippen molar-refractivity contribution in [3.63, 3.8) is 0 Å². The zero-order valence-corrected chi connectivity index (χ0v) is 17.8. The predicted molar refractivity (Wildman–Crippen MR) is 123 cm³/mol. The van der Waals surface area contributed by atoms with Crippen LogP contribution < -0.4 is 0 Å². The van der Waals surface area contributed by atoms with E-state index < -0.39 is 0 Å². The first-order chi connectivity index (χ1) is 16.1. The monoisotopic (exact) mass is 456 g/mol. The van der Waals surface area contributed by atoms with Crippen LogP contribution in [-0.2, 0) is 0 Å². The second-order valence-electron chi connectivity index (χ2n) is 7.50. The lowest BCUT2D eigenvalue weighted by molar-refractivity contribution is 0.440. The van der Waals surface area contributed by atoms with E-state index in [0.29, 0.717) is 11.5 Å². The van der Waals surface area contributed by atoms with Crippen LogP contribution >= 0.6 is 11.8 Å². The molecule has 0 saturated carbocycles. The Kier molecular flexibility index (Phi) is 4.69. The molecule has 4 nitrogen and oxygen atoms in total. The third-order valence-electron chi connectivity index (χ3n) is 5.34. The van der Waals surface area contributed by atoms with Gasteiger partial charge < -0.3 is 9.05 Å². The molecule has 0 aliphatic carbocycles. The number of halogens is 2. The van der Waals surface area contributed by atoms with Crippen LogP contribution in [0.3, 0.4) is 0 Å². The quantitative estimate of drug-likeness (QED) is 0.272. The summed E-state index contributed by atoms with van der Waals surface area (Å²) in [6, 6.07) is 24.0. The lowest BCUT2D eigenvalue weighted by Crippen LogP contribution is -1.80. The molecular weight excluding hydrogens is 442 g/mol. The number of rotatable bonds is 4. The lowest BCUT2D eigenvalue weighted by atomic mass is 10.1. The molecule has 33 heavy (non-hydrogen) atoms. The fourth-order valence-electron chi connectivity index (χ4n) is 3.72. The highest BCUT2D eigenvalue weighted by Crippen LogP contribution is 2.37. The molecule has 0 saturated heterocycles. The van der Waals surface area contributed by atoms with Gasteiger partial charge in [0, 0.05) is 20.9 Å². The van der Waals surface area contributed by atoms with E-state index in [0.717, 1.165) is 42.7 Å². The van der Waals surface area contributed by atoms with Gasteiger partial charge in [-0.1, -0.05) is 22.1 Å². The van der Waals surface area contributed by atoms with E-state index in [2.05, 4.69) is 10.3 Å². The maximum absolute atomic E-state index is 13.3. The van der Waals surface area contributed by atoms with Crippen LogP contribution in [0, 0.1) is 11.6 Å². The summed E-state index contributed by atoms with van der Waals surface area (Å²) < 4.78 is 37.7. The Morgan fingerprint density at radius 1 is 0.545 bits per heavy atom. The molecule has 0 fully saturated rings. The minimum atomic E-state index is -0.303. The van der Waals surface area contributed by atoms with E-state index in [9.17, 15) is 8.78 Å². The first kappa shape index (κ1) is 19.7. The van der Waals surface area contributed by atoms with Gasteiger partial charge in [-0.25, -0.2) is 8.78 Å². The van der Waals surface area contributed by atoms with Gasteiger partial charge in [0.15, 0.2) is 11.5 Å². The van der Waals surface area contributed by atoms with Gasteiger partial charge in [0.05, 0.1) is 10.8 Å². The molecule has 7 heteroatoms. The van der Waals surface area contributed by atoms with Crippen LogP contribution in [0.25, 0.3) is 44.5 Å². The van der Waals surface area contributed by atoms with Crippen molar-refractivity contribution in [1.82, 2.24) is 10.3 Å². The van der Waals surface area contributed by atoms with Crippen LogP contribution in [0.15, 0.2) is 104 Å². The van der Waals surface area contributed by atoms with Crippen LogP contribution in [0.5, 0.6) is 0 Å². The third-order valence-corrected chi connectivity index (χ3v) is 6.32. The number of benzene rings is 4. The largest absolute Gasteiger partial charge is 0.355 e. The number of hydrogen-bond donors (Lipinski definition) is 0. The number of hydrogen-bond acceptors (Lipinski definition) is 5. The number of aromatic nitrogens is 2. The van der Waals surface area contributed by atoms with Crippen LogP contribution in [0.4, 0.5) is 8.78 Å². The van der Waals surface area contributed by atoms with E-state index in [1.54, 1.807) is 36.0 Å². The summed E-state index contributed by atoms with van der Waals surface area (Å²) >= 11 is 1.58. The van der Waals surface area contributed by atoms with Gasteiger partial charge in [0.25, 0.3) is 0 Å². The molecule has 0 amide bonds. The molecule has 0 N–H and O–H groups in total. The Morgan fingerprint density at radius 3 is 1.39 bits per heavy atom. The standard InChI is InChI=1S/C26H14F2N2O2S/c27-17-5-1-15(2-6-17)25-21-13-19(9-11-23(21)29-31-25)33-20-10-12-24-22(14-20)26(32-30-24)16-3-7-18(28)8-4-16/h1-14H. The molecule has 6 rings (SSSR count). The van der Waals surface area contributed by atoms with Crippen molar-refractivity contribution in [2.75, 3.05) is 0 Å². The summed E-state index contributed by atoms with van der Waals surface area (Å²) in [6.45, 7) is 0. The Bertz CT molecular complexity index is 1480. The molecule has 0 radical (unpaired) electrons. The van der Waals surface area contributed by atoms with Crippen molar-refractivity contribution in [3.8, 4) is 22.6 Å². The number of fused-ring (bicyclic) bond motifs is 2. The summed E-state index contributed by atoms with van der Waals surface area (Å²) in [5, 5.41) is 9.95. The Labute approximate surface area is 190 Å². The van der Waals surface area contributed by atoms with Gasteiger partial charge >= 0.3 is 0 Å². The molecule has 6 aromatic rings. The van der Waals surface area contributed by atoms with Crippen molar-refractivity contribution < 1.29 is 17.8 Å². The molecule has 0 aliphatic heterocycles. The van der Waals surface area contributed by atoms with Crippen molar-refractivity contribution >= 4 is 33.6 Å². The Morgan fingerprint density at radius 2 is 0.970 bits per heavy atom. The third kappa shape index (κ3) is 3.66. The first-order valence-electron chi connectivity index (χ1n) is 10.1. The molecule has 0 unspecified atom stereocenters. The maximum atomic E-state index is 13.3. The van der Waals surface area contributed by atoms with Gasteiger partial charge in [0.1, 0.15) is 22.7 Å². The fraction of sp³-hybridized carbons (Fsp3) is 0. The van der Waals surface area contributed by atoms with Crippen LogP contribution in [0.2, 0.25) is 0 Å². The minimum absolute atomic E-state index is 0.303. The minimum Gasteiger partial charge on any atom is -0.355 e. The van der Waals surface area contributed by atoms with E-state index >= 15 is 0 Å². The zero-order chi connectivity index (χ0) is 22.4. The van der Waals surface area contributed by atoms with Crippen molar-refractivity contribution in [2.24, 2.45) is 0 Å². The highest BCUT2D eigenvalue weighted by molar-refractivity contribution is 7.99. The molecule has 160 valence electrons. The highest BCUT2D eigenvalue weighted by Gasteiger charge is 2.14. The molecule has 0 spiro atoms. The van der Waals surface area contributed by atoms with Crippen molar-refractivity contribution in [1.29, 1.82) is 0 Å². The Balaban J connectivity index is 1.36. The zero-order valence-electron chi connectivity index (χ0n) is 17.0. The topological polar surface area (TPSA) is 52.1 Å². The average Bonchev–Trinajstić information content (AvgIpc) is 3.44. The molecule has 4 aromatic carbocycles. The van der Waals surface area contributed by atoms with Gasteiger partial charge in [-0.2, -0.15) is 0 Å². The van der Waals surface area contributed by atoms with Gasteiger partial charge in [-0.3, -0.25) is 0 Å². The normalized spacial score (nSPS) is 11.5. The van der Waals surface area contributed by atoms with E-state index in [1.165, 1.54) is 24.3 Å². The summed E-state index contributed by atoms with van der Waals surface area (Å²) in [5.74, 6) is 0.590. The van der Waals surface area contributed by atoms with Gasteiger partial charge in [-0.15, -0.1) is 0 Å². The maximum Gasteiger partial charge on any atom is 0.174 e. The van der Waals surface area contributed by atoms with E-state index in [-0.39, 0.29) is 11.6 Å². The molecule has 0 aliphatic rings.